The zero-order valence-corrected chi connectivity index (χ0v) is 17.6. The second kappa shape index (κ2) is 10.6. The van der Waals surface area contributed by atoms with Gasteiger partial charge in [0.2, 0.25) is 0 Å². The zero-order chi connectivity index (χ0) is 19.8. The summed E-state index contributed by atoms with van der Waals surface area (Å²) in [4.78, 5) is 3.96. The van der Waals surface area contributed by atoms with Gasteiger partial charge in [-0.3, -0.25) is 0 Å². The van der Waals surface area contributed by atoms with Crippen LogP contribution >= 0.6 is 12.2 Å². The van der Waals surface area contributed by atoms with Crippen LogP contribution in [-0.2, 0) is 0 Å². The monoisotopic (exact) mass is 395 g/mol. The highest BCUT2D eigenvalue weighted by Gasteiger charge is 2.21. The van der Waals surface area contributed by atoms with Crippen LogP contribution < -0.4 is 0 Å². The van der Waals surface area contributed by atoms with Crippen LogP contribution in [0.3, 0.4) is 0 Å². The molecule has 0 amide bonds. The standard InChI is InChI=1S/C25H30FNS/c1-2-3-9-21(16-19-7-5-4-6-8-19)22-12-15-24(25(26)17-22)20-10-13-23(14-11-20)27-18-28/h10-15,17,19,21H,2-9,16H2,1H3. The third kappa shape index (κ3) is 5.59. The van der Waals surface area contributed by atoms with E-state index in [0.29, 0.717) is 11.5 Å². The Morgan fingerprint density at radius 1 is 1.11 bits per heavy atom. The minimum Gasteiger partial charge on any atom is -0.206 e. The minimum absolute atomic E-state index is 0.131. The summed E-state index contributed by atoms with van der Waals surface area (Å²) >= 11 is 4.63. The lowest BCUT2D eigenvalue weighted by Crippen LogP contribution is -2.12. The highest BCUT2D eigenvalue weighted by Crippen LogP contribution is 2.37. The number of thiocarbonyl (C=S) groups is 1. The molecule has 0 bridgehead atoms. The van der Waals surface area contributed by atoms with Crippen LogP contribution in [0.5, 0.6) is 0 Å². The molecular formula is C25H30FNS. The number of aliphatic imine (C=N–C) groups is 1. The molecule has 0 radical (unpaired) electrons. The van der Waals surface area contributed by atoms with Gasteiger partial charge >= 0.3 is 0 Å². The first-order valence-corrected chi connectivity index (χ1v) is 11.1. The second-order valence-electron chi connectivity index (χ2n) is 8.07. The maximum absolute atomic E-state index is 15.0. The largest absolute Gasteiger partial charge is 0.206 e. The molecule has 2 aromatic rings. The Kier molecular flexibility index (Phi) is 7.94. The van der Waals surface area contributed by atoms with Crippen molar-refractivity contribution in [3.63, 3.8) is 0 Å². The average molecular weight is 396 g/mol. The number of isothiocyanates is 1. The van der Waals surface area contributed by atoms with Gasteiger partial charge in [0.1, 0.15) is 5.82 Å². The van der Waals surface area contributed by atoms with Crippen molar-refractivity contribution in [2.75, 3.05) is 0 Å². The third-order valence-corrected chi connectivity index (χ3v) is 6.16. The van der Waals surface area contributed by atoms with Crippen LogP contribution in [0.25, 0.3) is 11.1 Å². The van der Waals surface area contributed by atoms with E-state index in [2.05, 4.69) is 35.4 Å². The fraction of sp³-hybridized carbons (Fsp3) is 0.480. The predicted octanol–water partition coefficient (Wildman–Crippen LogP) is 8.47. The number of nitrogens with zero attached hydrogens (tertiary/aromatic N) is 1. The summed E-state index contributed by atoms with van der Waals surface area (Å²) < 4.78 is 15.0. The van der Waals surface area contributed by atoms with E-state index in [-0.39, 0.29) is 5.82 Å². The quantitative estimate of drug-likeness (QED) is 0.322. The van der Waals surface area contributed by atoms with Crippen molar-refractivity contribution in [2.24, 2.45) is 10.9 Å². The summed E-state index contributed by atoms with van der Waals surface area (Å²) in [5, 5.41) is 2.36. The molecule has 0 spiro atoms. The van der Waals surface area contributed by atoms with Crippen molar-refractivity contribution in [1.82, 2.24) is 0 Å². The van der Waals surface area contributed by atoms with Gasteiger partial charge in [0.05, 0.1) is 10.8 Å². The first kappa shape index (κ1) is 20.9. The van der Waals surface area contributed by atoms with Crippen LogP contribution in [0.4, 0.5) is 10.1 Å². The van der Waals surface area contributed by atoms with Gasteiger partial charge in [-0.1, -0.05) is 76.1 Å². The van der Waals surface area contributed by atoms with Crippen molar-refractivity contribution in [2.45, 2.75) is 70.6 Å². The fourth-order valence-corrected chi connectivity index (χ4v) is 4.59. The number of halogens is 1. The molecule has 3 rings (SSSR count). The smallest absolute Gasteiger partial charge is 0.131 e. The Morgan fingerprint density at radius 2 is 1.86 bits per heavy atom. The van der Waals surface area contributed by atoms with Gasteiger partial charge in [-0.15, -0.1) is 0 Å². The number of rotatable bonds is 8. The van der Waals surface area contributed by atoms with E-state index >= 15 is 0 Å². The fourth-order valence-electron chi connectivity index (χ4n) is 4.48. The Bertz CT molecular complexity index is 802. The van der Waals surface area contributed by atoms with Crippen LogP contribution in [-0.4, -0.2) is 5.16 Å². The van der Waals surface area contributed by atoms with Crippen molar-refractivity contribution >= 4 is 23.1 Å². The maximum atomic E-state index is 15.0. The summed E-state index contributed by atoms with van der Waals surface area (Å²) in [6.45, 7) is 2.23. The number of hydrogen-bond acceptors (Lipinski definition) is 2. The van der Waals surface area contributed by atoms with Crippen LogP contribution in [0.15, 0.2) is 47.5 Å². The third-order valence-electron chi connectivity index (χ3n) is 6.07. The predicted molar refractivity (Wildman–Crippen MR) is 120 cm³/mol. The molecule has 1 aliphatic rings. The topological polar surface area (TPSA) is 12.4 Å². The van der Waals surface area contributed by atoms with E-state index in [0.717, 1.165) is 23.6 Å². The maximum Gasteiger partial charge on any atom is 0.131 e. The van der Waals surface area contributed by atoms with Gasteiger partial charge in [-0.25, -0.2) is 4.39 Å². The van der Waals surface area contributed by atoms with Crippen molar-refractivity contribution in [1.29, 1.82) is 0 Å². The Balaban J connectivity index is 1.79. The first-order chi connectivity index (χ1) is 13.7. The Hall–Kier alpha value is -1.83. The molecule has 1 aliphatic carbocycles. The summed E-state index contributed by atoms with van der Waals surface area (Å²) in [5.41, 5.74) is 3.42. The van der Waals surface area contributed by atoms with E-state index in [1.807, 2.05) is 30.3 Å². The molecule has 3 heteroatoms. The molecule has 2 aromatic carbocycles. The van der Waals surface area contributed by atoms with Crippen LogP contribution in [0.2, 0.25) is 0 Å². The Labute approximate surface area is 174 Å². The molecule has 148 valence electrons. The Morgan fingerprint density at radius 3 is 2.50 bits per heavy atom. The van der Waals surface area contributed by atoms with Crippen LogP contribution in [0.1, 0.15) is 76.2 Å². The van der Waals surface area contributed by atoms with Gasteiger partial charge in [0.15, 0.2) is 0 Å². The SMILES string of the molecule is CCCCC(CC1CCCCC1)c1ccc(-c2ccc(N=C=S)cc2)c(F)c1. The molecule has 0 saturated heterocycles. The highest BCUT2D eigenvalue weighted by atomic mass is 32.1. The molecule has 1 fully saturated rings. The van der Waals surface area contributed by atoms with E-state index in [1.54, 1.807) is 6.07 Å². The average Bonchev–Trinajstić information content (AvgIpc) is 2.73. The van der Waals surface area contributed by atoms with E-state index in [4.69, 9.17) is 0 Å². The number of benzene rings is 2. The molecule has 1 nitrogen and oxygen atoms in total. The van der Waals surface area contributed by atoms with Gasteiger partial charge in [0.25, 0.3) is 0 Å². The second-order valence-corrected chi connectivity index (χ2v) is 8.25. The lowest BCUT2D eigenvalue weighted by Gasteiger charge is -2.27. The lowest BCUT2D eigenvalue weighted by atomic mass is 9.78. The minimum atomic E-state index is -0.131. The summed E-state index contributed by atoms with van der Waals surface area (Å²) in [6.07, 6.45) is 11.6. The number of hydrogen-bond donors (Lipinski definition) is 0. The normalized spacial score (nSPS) is 15.8. The molecule has 1 atom stereocenters. The summed E-state index contributed by atoms with van der Waals surface area (Å²) in [5.74, 6) is 1.16. The van der Waals surface area contributed by atoms with Crippen molar-refractivity contribution in [3.05, 3.63) is 53.8 Å². The van der Waals surface area contributed by atoms with Crippen molar-refractivity contribution in [3.8, 4) is 11.1 Å². The van der Waals surface area contributed by atoms with Gasteiger partial charge in [-0.2, -0.15) is 4.99 Å². The first-order valence-electron chi connectivity index (χ1n) is 10.7. The summed E-state index contributed by atoms with van der Waals surface area (Å²) in [6, 6.07) is 13.3. The summed E-state index contributed by atoms with van der Waals surface area (Å²) in [7, 11) is 0. The molecule has 1 unspecified atom stereocenters. The molecular weight excluding hydrogens is 365 g/mol. The van der Waals surface area contributed by atoms with Gasteiger partial charge in [-0.05, 0) is 66.2 Å². The van der Waals surface area contributed by atoms with Gasteiger partial charge in [0, 0.05) is 5.56 Å². The molecule has 1 saturated carbocycles. The zero-order valence-electron chi connectivity index (χ0n) is 16.8. The van der Waals surface area contributed by atoms with Gasteiger partial charge < -0.3 is 0 Å². The molecule has 28 heavy (non-hydrogen) atoms. The van der Waals surface area contributed by atoms with E-state index in [1.165, 1.54) is 56.9 Å². The van der Waals surface area contributed by atoms with E-state index < -0.39 is 0 Å². The molecule has 0 heterocycles. The lowest BCUT2D eigenvalue weighted by molar-refractivity contribution is 0.310. The highest BCUT2D eigenvalue weighted by molar-refractivity contribution is 7.78. The molecule has 0 aliphatic heterocycles. The van der Waals surface area contributed by atoms with Crippen molar-refractivity contribution < 1.29 is 4.39 Å². The van der Waals surface area contributed by atoms with E-state index in [9.17, 15) is 4.39 Å². The molecule has 0 aromatic heterocycles. The molecule has 0 N–H and O–H groups in total. The number of unbranched alkanes of at least 4 members (excludes halogenated alkanes) is 1. The van der Waals surface area contributed by atoms with Crippen LogP contribution in [0, 0.1) is 11.7 Å².